The zero-order valence-corrected chi connectivity index (χ0v) is 20.5. The average Bonchev–Trinajstić information content (AvgIpc) is 3.38. The lowest BCUT2D eigenvalue weighted by Gasteiger charge is -2.22. The van der Waals surface area contributed by atoms with Crippen LogP contribution in [0.1, 0.15) is 12.5 Å². The number of halogens is 1. The van der Waals surface area contributed by atoms with Gasteiger partial charge in [0.25, 0.3) is 15.2 Å². The number of benzene rings is 3. The molecule has 7 nitrogen and oxygen atoms in total. The number of para-hydroxylation sites is 1. The van der Waals surface area contributed by atoms with Crippen LogP contribution in [-0.4, -0.2) is 31.1 Å². The molecule has 2 heterocycles. The molecule has 34 heavy (non-hydrogen) atoms. The Morgan fingerprint density at radius 1 is 1.18 bits per heavy atom. The Kier molecular flexibility index (Phi) is 6.01. The van der Waals surface area contributed by atoms with Crippen molar-refractivity contribution in [3.05, 3.63) is 77.3 Å². The van der Waals surface area contributed by atoms with Crippen molar-refractivity contribution >= 4 is 61.8 Å². The number of nitrogens with zero attached hydrogens (tertiary/aromatic N) is 2. The summed E-state index contributed by atoms with van der Waals surface area (Å²) < 4.78 is 33.8. The van der Waals surface area contributed by atoms with E-state index in [0.29, 0.717) is 27.0 Å². The molecule has 4 aromatic rings. The number of hydrogen-bond acceptors (Lipinski definition) is 6. The first-order valence-electron chi connectivity index (χ1n) is 10.5. The van der Waals surface area contributed by atoms with Crippen LogP contribution < -0.4 is 9.62 Å². The number of anilines is 2. The number of carbonyl (C=O) groups is 1. The van der Waals surface area contributed by atoms with Crippen LogP contribution in [0.15, 0.2) is 81.3 Å². The second-order valence-electron chi connectivity index (χ2n) is 7.96. The largest absolute Gasteiger partial charge is 0.431 e. The summed E-state index contributed by atoms with van der Waals surface area (Å²) in [6, 6.07) is 18.8. The molecule has 0 radical (unpaired) electrons. The molecule has 0 aliphatic carbocycles. The van der Waals surface area contributed by atoms with E-state index >= 15 is 0 Å². The molecular weight excluding hydrogens is 494 g/mol. The summed E-state index contributed by atoms with van der Waals surface area (Å²) in [5.74, 6) is 0.134. The van der Waals surface area contributed by atoms with Gasteiger partial charge in [-0.05, 0) is 67.4 Å². The van der Waals surface area contributed by atoms with E-state index < -0.39 is 10.0 Å². The van der Waals surface area contributed by atoms with Gasteiger partial charge in [-0.1, -0.05) is 41.6 Å². The summed E-state index contributed by atoms with van der Waals surface area (Å²) in [5, 5.41) is 0.822. The Morgan fingerprint density at radius 3 is 2.74 bits per heavy atom. The maximum absolute atomic E-state index is 12.9. The summed E-state index contributed by atoms with van der Waals surface area (Å²) in [4.78, 5) is 19.2. The second kappa shape index (κ2) is 8.98. The van der Waals surface area contributed by atoms with Crippen molar-refractivity contribution < 1.29 is 17.6 Å². The Labute approximate surface area is 206 Å². The van der Waals surface area contributed by atoms with E-state index in [9.17, 15) is 13.2 Å². The number of sulfonamides is 1. The first-order chi connectivity index (χ1) is 16.3. The van der Waals surface area contributed by atoms with Crippen molar-refractivity contribution in [3.8, 4) is 0 Å². The summed E-state index contributed by atoms with van der Waals surface area (Å²) in [5.41, 5.74) is 3.35. The van der Waals surface area contributed by atoms with Crippen LogP contribution in [0.5, 0.6) is 0 Å². The number of fused-ring (bicyclic) bond motifs is 2. The molecule has 10 heteroatoms. The smallest absolute Gasteiger partial charge is 0.261 e. The van der Waals surface area contributed by atoms with E-state index in [1.165, 1.54) is 23.9 Å². The predicted octanol–water partition coefficient (Wildman–Crippen LogP) is 5.35. The van der Waals surface area contributed by atoms with Crippen LogP contribution >= 0.6 is 23.4 Å². The van der Waals surface area contributed by atoms with E-state index in [2.05, 4.69) is 9.71 Å². The third-order valence-electron chi connectivity index (χ3n) is 5.54. The number of aromatic nitrogens is 1. The lowest BCUT2D eigenvalue weighted by Crippen LogP contribution is -2.36. The number of hydrogen-bond donors (Lipinski definition) is 1. The maximum atomic E-state index is 12.9. The molecule has 0 bridgehead atoms. The molecule has 1 N–H and O–H groups in total. The Morgan fingerprint density at radius 2 is 1.94 bits per heavy atom. The average molecular weight is 514 g/mol. The molecule has 0 saturated heterocycles. The number of rotatable bonds is 6. The quantitative estimate of drug-likeness (QED) is 0.349. The minimum absolute atomic E-state index is 0.0277. The van der Waals surface area contributed by atoms with Crippen LogP contribution in [0.2, 0.25) is 5.02 Å². The standard InChI is InChI=1S/C24H20ClN3O4S2/c1-15-12-16-4-2-3-5-21(16)28(15)23(29)14-33-24-26-20-13-19(10-11-22(20)32-24)34(30,31)27-18-8-6-17(25)7-9-18/h2-11,13,15,27H,12,14H2,1H3/t15-/m1/s1. The normalized spacial score (nSPS) is 15.5. The maximum Gasteiger partial charge on any atom is 0.261 e. The summed E-state index contributed by atoms with van der Waals surface area (Å²) in [7, 11) is -3.82. The molecular formula is C24H20ClN3O4S2. The third-order valence-corrected chi connectivity index (χ3v) is 7.99. The van der Waals surface area contributed by atoms with Crippen LogP contribution in [0, 0.1) is 0 Å². The van der Waals surface area contributed by atoms with Gasteiger partial charge in [0.1, 0.15) is 5.52 Å². The second-order valence-corrected chi connectivity index (χ2v) is 11.0. The molecule has 1 aliphatic rings. The van der Waals surface area contributed by atoms with Crippen molar-refractivity contribution in [3.63, 3.8) is 0 Å². The van der Waals surface area contributed by atoms with Gasteiger partial charge >= 0.3 is 0 Å². The third kappa shape index (κ3) is 4.51. The van der Waals surface area contributed by atoms with E-state index in [-0.39, 0.29) is 22.6 Å². The van der Waals surface area contributed by atoms with Crippen molar-refractivity contribution in [1.29, 1.82) is 0 Å². The molecule has 1 aromatic heterocycles. The fraction of sp³-hybridized carbons (Fsp3) is 0.167. The van der Waals surface area contributed by atoms with Crippen LogP contribution in [-0.2, 0) is 21.2 Å². The van der Waals surface area contributed by atoms with Crippen molar-refractivity contribution in [2.24, 2.45) is 0 Å². The molecule has 1 atom stereocenters. The zero-order valence-electron chi connectivity index (χ0n) is 18.1. The van der Waals surface area contributed by atoms with Gasteiger partial charge in [-0.25, -0.2) is 13.4 Å². The van der Waals surface area contributed by atoms with Gasteiger partial charge in [-0.15, -0.1) is 0 Å². The predicted molar refractivity (Wildman–Crippen MR) is 134 cm³/mol. The van der Waals surface area contributed by atoms with E-state index in [1.54, 1.807) is 30.3 Å². The van der Waals surface area contributed by atoms with Crippen LogP contribution in [0.25, 0.3) is 11.1 Å². The summed E-state index contributed by atoms with van der Waals surface area (Å²) in [6.07, 6.45) is 0.830. The fourth-order valence-corrected chi connectivity index (χ4v) is 5.89. The first-order valence-corrected chi connectivity index (χ1v) is 13.4. The van der Waals surface area contributed by atoms with E-state index in [1.807, 2.05) is 36.1 Å². The number of carbonyl (C=O) groups excluding carboxylic acids is 1. The highest BCUT2D eigenvalue weighted by molar-refractivity contribution is 7.99. The van der Waals surface area contributed by atoms with E-state index in [0.717, 1.165) is 17.7 Å². The van der Waals surface area contributed by atoms with Gasteiger partial charge in [0, 0.05) is 22.4 Å². The number of thioether (sulfide) groups is 1. The van der Waals surface area contributed by atoms with Gasteiger partial charge in [-0.3, -0.25) is 9.52 Å². The van der Waals surface area contributed by atoms with Gasteiger partial charge in [0.05, 0.1) is 10.6 Å². The first kappa shape index (κ1) is 22.8. The van der Waals surface area contributed by atoms with Crippen molar-refractivity contribution in [2.75, 3.05) is 15.4 Å². The molecule has 0 spiro atoms. The zero-order chi connectivity index (χ0) is 23.9. The molecule has 0 saturated carbocycles. The minimum atomic E-state index is -3.82. The minimum Gasteiger partial charge on any atom is -0.431 e. The lowest BCUT2D eigenvalue weighted by atomic mass is 10.1. The Bertz CT molecular complexity index is 1490. The molecule has 0 unspecified atom stereocenters. The fourth-order valence-electron chi connectivity index (χ4n) is 3.99. The molecule has 0 fully saturated rings. The SMILES string of the molecule is C[C@@H]1Cc2ccccc2N1C(=O)CSc1nc2cc(S(=O)(=O)Nc3ccc(Cl)cc3)ccc2o1. The Hall–Kier alpha value is -3.01. The van der Waals surface area contributed by atoms with Crippen molar-refractivity contribution in [2.45, 2.75) is 29.5 Å². The Balaban J connectivity index is 1.30. The summed E-state index contributed by atoms with van der Waals surface area (Å²) >= 11 is 7.05. The summed E-state index contributed by atoms with van der Waals surface area (Å²) in [6.45, 7) is 2.03. The monoisotopic (exact) mass is 513 g/mol. The van der Waals surface area contributed by atoms with Crippen LogP contribution in [0.3, 0.4) is 0 Å². The lowest BCUT2D eigenvalue weighted by molar-refractivity contribution is -0.116. The topological polar surface area (TPSA) is 92.5 Å². The van der Waals surface area contributed by atoms with Gasteiger partial charge in [-0.2, -0.15) is 0 Å². The van der Waals surface area contributed by atoms with E-state index in [4.69, 9.17) is 16.0 Å². The molecule has 1 amide bonds. The van der Waals surface area contributed by atoms with Gasteiger partial charge in [0.2, 0.25) is 5.91 Å². The number of oxazole rings is 1. The number of amides is 1. The number of nitrogens with one attached hydrogen (secondary N) is 1. The molecule has 174 valence electrons. The van der Waals surface area contributed by atoms with Gasteiger partial charge < -0.3 is 9.32 Å². The molecule has 1 aliphatic heterocycles. The highest BCUT2D eigenvalue weighted by Gasteiger charge is 2.30. The van der Waals surface area contributed by atoms with Crippen molar-refractivity contribution in [1.82, 2.24) is 4.98 Å². The molecule has 5 rings (SSSR count). The van der Waals surface area contributed by atoms with Gasteiger partial charge in [0.15, 0.2) is 5.58 Å². The highest BCUT2D eigenvalue weighted by Crippen LogP contribution is 2.33. The molecule has 3 aromatic carbocycles. The highest BCUT2D eigenvalue weighted by atomic mass is 35.5. The van der Waals surface area contributed by atoms with Crippen LogP contribution in [0.4, 0.5) is 11.4 Å².